The third-order valence-electron chi connectivity index (χ3n) is 3.72. The SMILES string of the molecule is CCCn1c(C)cc2cc(NC(=O)Cn3ccnc3)ccc21. The molecule has 0 fully saturated rings. The summed E-state index contributed by atoms with van der Waals surface area (Å²) in [4.78, 5) is 16.0. The Morgan fingerprint density at radius 2 is 2.18 bits per heavy atom. The van der Waals surface area contributed by atoms with Crippen LogP contribution in [0.15, 0.2) is 43.0 Å². The predicted octanol–water partition coefficient (Wildman–Crippen LogP) is 3.19. The first kappa shape index (κ1) is 14.4. The van der Waals surface area contributed by atoms with Crippen molar-refractivity contribution in [3.05, 3.63) is 48.7 Å². The summed E-state index contributed by atoms with van der Waals surface area (Å²) >= 11 is 0. The molecule has 0 saturated heterocycles. The first-order valence-corrected chi connectivity index (χ1v) is 7.53. The summed E-state index contributed by atoms with van der Waals surface area (Å²) in [5, 5.41) is 4.09. The number of fused-ring (bicyclic) bond motifs is 1. The summed E-state index contributed by atoms with van der Waals surface area (Å²) in [6.45, 7) is 5.58. The highest BCUT2D eigenvalue weighted by Crippen LogP contribution is 2.23. The van der Waals surface area contributed by atoms with Gasteiger partial charge in [0.2, 0.25) is 5.91 Å². The first-order valence-electron chi connectivity index (χ1n) is 7.53. The predicted molar refractivity (Wildman–Crippen MR) is 87.8 cm³/mol. The van der Waals surface area contributed by atoms with E-state index < -0.39 is 0 Å². The van der Waals surface area contributed by atoms with E-state index in [2.05, 4.69) is 40.8 Å². The van der Waals surface area contributed by atoms with Gasteiger partial charge < -0.3 is 14.5 Å². The van der Waals surface area contributed by atoms with Crippen molar-refractivity contribution in [2.45, 2.75) is 33.4 Å². The average molecular weight is 296 g/mol. The Kier molecular flexibility index (Phi) is 3.96. The molecule has 3 aromatic rings. The molecular formula is C17H20N4O. The zero-order valence-electron chi connectivity index (χ0n) is 12.9. The van der Waals surface area contributed by atoms with Crippen LogP contribution in [0.3, 0.4) is 0 Å². The van der Waals surface area contributed by atoms with Crippen molar-refractivity contribution in [1.82, 2.24) is 14.1 Å². The standard InChI is InChI=1S/C17H20N4O/c1-3-7-21-13(2)9-14-10-15(4-5-16(14)21)19-17(22)11-20-8-6-18-12-20/h4-6,8-10,12H,3,7,11H2,1-2H3,(H,19,22). The number of aromatic nitrogens is 3. The van der Waals surface area contributed by atoms with Gasteiger partial charge in [-0.25, -0.2) is 4.98 Å². The monoisotopic (exact) mass is 296 g/mol. The molecule has 0 aliphatic carbocycles. The van der Waals surface area contributed by atoms with E-state index in [0.717, 1.165) is 24.0 Å². The molecule has 114 valence electrons. The lowest BCUT2D eigenvalue weighted by molar-refractivity contribution is -0.116. The number of hydrogen-bond donors (Lipinski definition) is 1. The van der Waals surface area contributed by atoms with Gasteiger partial charge in [0.05, 0.1) is 6.33 Å². The molecule has 22 heavy (non-hydrogen) atoms. The van der Waals surface area contributed by atoms with E-state index in [1.54, 1.807) is 23.3 Å². The number of rotatable bonds is 5. The van der Waals surface area contributed by atoms with Gasteiger partial charge in [-0.15, -0.1) is 0 Å². The molecule has 3 rings (SSSR count). The van der Waals surface area contributed by atoms with E-state index in [1.165, 1.54) is 11.2 Å². The Morgan fingerprint density at radius 1 is 1.32 bits per heavy atom. The van der Waals surface area contributed by atoms with Crippen LogP contribution in [0.5, 0.6) is 0 Å². The van der Waals surface area contributed by atoms with E-state index in [1.807, 2.05) is 12.1 Å². The molecule has 0 aliphatic rings. The van der Waals surface area contributed by atoms with Gasteiger partial charge in [0.25, 0.3) is 0 Å². The molecule has 0 spiro atoms. The van der Waals surface area contributed by atoms with Crippen molar-refractivity contribution in [3.63, 3.8) is 0 Å². The largest absolute Gasteiger partial charge is 0.345 e. The molecular weight excluding hydrogens is 276 g/mol. The zero-order chi connectivity index (χ0) is 15.5. The Balaban J connectivity index is 1.79. The number of aryl methyl sites for hydroxylation is 2. The van der Waals surface area contributed by atoms with Gasteiger partial charge in [0, 0.05) is 41.2 Å². The number of benzene rings is 1. The number of hydrogen-bond acceptors (Lipinski definition) is 2. The minimum Gasteiger partial charge on any atom is -0.345 e. The van der Waals surface area contributed by atoms with E-state index in [-0.39, 0.29) is 12.5 Å². The fourth-order valence-corrected chi connectivity index (χ4v) is 2.75. The van der Waals surface area contributed by atoms with Gasteiger partial charge in [-0.2, -0.15) is 0 Å². The van der Waals surface area contributed by atoms with Crippen LogP contribution in [0.2, 0.25) is 0 Å². The number of amides is 1. The maximum Gasteiger partial charge on any atom is 0.244 e. The molecule has 5 heteroatoms. The summed E-state index contributed by atoms with van der Waals surface area (Å²) in [5.41, 5.74) is 3.29. The van der Waals surface area contributed by atoms with Crippen LogP contribution in [-0.4, -0.2) is 20.0 Å². The summed E-state index contributed by atoms with van der Waals surface area (Å²) < 4.78 is 4.06. The second-order valence-electron chi connectivity index (χ2n) is 5.49. The minimum atomic E-state index is -0.0536. The average Bonchev–Trinajstić information content (AvgIpc) is 3.08. The maximum absolute atomic E-state index is 12.0. The van der Waals surface area contributed by atoms with Crippen LogP contribution in [0.1, 0.15) is 19.0 Å². The Hall–Kier alpha value is -2.56. The van der Waals surface area contributed by atoms with E-state index in [0.29, 0.717) is 0 Å². The lowest BCUT2D eigenvalue weighted by Crippen LogP contribution is -2.17. The lowest BCUT2D eigenvalue weighted by atomic mass is 10.2. The highest BCUT2D eigenvalue weighted by atomic mass is 16.1. The second-order valence-corrected chi connectivity index (χ2v) is 5.49. The first-order chi connectivity index (χ1) is 10.7. The van der Waals surface area contributed by atoms with Crippen LogP contribution in [0.4, 0.5) is 5.69 Å². The normalized spacial score (nSPS) is 11.0. The van der Waals surface area contributed by atoms with Crippen molar-refractivity contribution in [2.24, 2.45) is 0 Å². The molecule has 0 unspecified atom stereocenters. The summed E-state index contributed by atoms with van der Waals surface area (Å²) in [7, 11) is 0. The summed E-state index contributed by atoms with van der Waals surface area (Å²) in [6, 6.07) is 8.22. The van der Waals surface area contributed by atoms with E-state index >= 15 is 0 Å². The number of carbonyl (C=O) groups is 1. The van der Waals surface area contributed by atoms with Gasteiger partial charge in [0.1, 0.15) is 6.54 Å². The van der Waals surface area contributed by atoms with Gasteiger partial charge >= 0.3 is 0 Å². The third-order valence-corrected chi connectivity index (χ3v) is 3.72. The van der Waals surface area contributed by atoms with Crippen molar-refractivity contribution in [1.29, 1.82) is 0 Å². The Bertz CT molecular complexity index is 786. The van der Waals surface area contributed by atoms with Gasteiger partial charge in [-0.1, -0.05) is 6.92 Å². The van der Waals surface area contributed by atoms with Crippen molar-refractivity contribution < 1.29 is 4.79 Å². The molecule has 1 N–H and O–H groups in total. The fraction of sp³-hybridized carbons (Fsp3) is 0.294. The third kappa shape index (κ3) is 2.88. The molecule has 2 heterocycles. The van der Waals surface area contributed by atoms with E-state index in [9.17, 15) is 4.79 Å². The maximum atomic E-state index is 12.0. The van der Waals surface area contributed by atoms with Crippen LogP contribution in [0.25, 0.3) is 10.9 Å². The van der Waals surface area contributed by atoms with Crippen molar-refractivity contribution in [2.75, 3.05) is 5.32 Å². The number of nitrogens with one attached hydrogen (secondary N) is 1. The Morgan fingerprint density at radius 3 is 2.91 bits per heavy atom. The van der Waals surface area contributed by atoms with Crippen LogP contribution in [-0.2, 0) is 17.9 Å². The van der Waals surface area contributed by atoms with Gasteiger partial charge in [-0.05, 0) is 37.6 Å². The topological polar surface area (TPSA) is 51.9 Å². The molecule has 5 nitrogen and oxygen atoms in total. The molecule has 0 bridgehead atoms. The fourth-order valence-electron chi connectivity index (χ4n) is 2.75. The molecule has 0 radical (unpaired) electrons. The van der Waals surface area contributed by atoms with Crippen LogP contribution < -0.4 is 5.32 Å². The molecule has 1 aromatic carbocycles. The highest BCUT2D eigenvalue weighted by molar-refractivity contribution is 5.94. The summed E-state index contributed by atoms with van der Waals surface area (Å²) in [6.07, 6.45) is 6.18. The number of anilines is 1. The van der Waals surface area contributed by atoms with Crippen LogP contribution in [0, 0.1) is 6.92 Å². The zero-order valence-corrected chi connectivity index (χ0v) is 12.9. The molecule has 0 atom stereocenters. The quantitative estimate of drug-likeness (QED) is 0.786. The Labute approximate surface area is 129 Å². The van der Waals surface area contributed by atoms with Crippen LogP contribution >= 0.6 is 0 Å². The molecule has 1 amide bonds. The second kappa shape index (κ2) is 6.05. The lowest BCUT2D eigenvalue weighted by Gasteiger charge is -2.08. The number of carbonyl (C=O) groups excluding carboxylic acids is 1. The smallest absolute Gasteiger partial charge is 0.244 e. The molecule has 0 aliphatic heterocycles. The summed E-state index contributed by atoms with van der Waals surface area (Å²) in [5.74, 6) is -0.0536. The number of imidazole rings is 1. The van der Waals surface area contributed by atoms with E-state index in [4.69, 9.17) is 0 Å². The minimum absolute atomic E-state index is 0.0536. The molecule has 0 saturated carbocycles. The number of nitrogens with zero attached hydrogens (tertiary/aromatic N) is 3. The van der Waals surface area contributed by atoms with Crippen molar-refractivity contribution >= 4 is 22.5 Å². The van der Waals surface area contributed by atoms with Crippen molar-refractivity contribution in [3.8, 4) is 0 Å². The molecule has 2 aromatic heterocycles. The highest BCUT2D eigenvalue weighted by Gasteiger charge is 2.08. The van der Waals surface area contributed by atoms with Gasteiger partial charge in [-0.3, -0.25) is 4.79 Å². The van der Waals surface area contributed by atoms with Gasteiger partial charge in [0.15, 0.2) is 0 Å².